The third kappa shape index (κ3) is 4.06. The molecule has 0 fully saturated rings. The van der Waals surface area contributed by atoms with Gasteiger partial charge in [0, 0.05) is 12.1 Å². The van der Waals surface area contributed by atoms with Crippen LogP contribution in [0.4, 0.5) is 5.69 Å². The van der Waals surface area contributed by atoms with E-state index in [0.29, 0.717) is 28.5 Å². The predicted molar refractivity (Wildman–Crippen MR) is 102 cm³/mol. The summed E-state index contributed by atoms with van der Waals surface area (Å²) in [5, 5.41) is 16.3. The Labute approximate surface area is 161 Å². The smallest absolute Gasteiger partial charge is 0.351 e. The first-order chi connectivity index (χ1) is 13.5. The number of nitrogens with zero attached hydrogens (tertiary/aromatic N) is 1. The summed E-state index contributed by atoms with van der Waals surface area (Å²) in [7, 11) is 3.10. The van der Waals surface area contributed by atoms with Crippen LogP contribution in [0.25, 0.3) is 0 Å². The first-order valence-electron chi connectivity index (χ1n) is 8.52. The number of anilines is 1. The minimum atomic E-state index is -1.74. The second-order valence-corrected chi connectivity index (χ2v) is 6.29. The van der Waals surface area contributed by atoms with Crippen molar-refractivity contribution in [3.05, 3.63) is 54.1 Å². The largest absolute Gasteiger partial charge is 0.497 e. The van der Waals surface area contributed by atoms with Crippen LogP contribution in [-0.2, 0) is 14.4 Å². The summed E-state index contributed by atoms with van der Waals surface area (Å²) in [6.45, 7) is 0. The minimum Gasteiger partial charge on any atom is -0.497 e. The van der Waals surface area contributed by atoms with Gasteiger partial charge in [-0.05, 0) is 54.1 Å². The zero-order valence-electron chi connectivity index (χ0n) is 15.5. The summed E-state index contributed by atoms with van der Waals surface area (Å²) in [4.78, 5) is 29.5. The van der Waals surface area contributed by atoms with Crippen molar-refractivity contribution < 1.29 is 29.0 Å². The summed E-state index contributed by atoms with van der Waals surface area (Å²) < 4.78 is 10.2. The van der Waals surface area contributed by atoms with Crippen LogP contribution in [0.3, 0.4) is 0 Å². The lowest BCUT2D eigenvalue weighted by Gasteiger charge is -2.21. The Morgan fingerprint density at radius 2 is 1.64 bits per heavy atom. The molecule has 28 heavy (non-hydrogen) atoms. The molecule has 3 rings (SSSR count). The SMILES string of the molecule is COc1ccc(NC(=O)C[C@@]2(C(=O)O)CC(c3ccc(OC)cc3)=NO2)cc1. The molecule has 2 N–H and O–H groups in total. The monoisotopic (exact) mass is 384 g/mol. The van der Waals surface area contributed by atoms with Crippen molar-refractivity contribution in [2.45, 2.75) is 18.4 Å². The molecule has 0 aromatic heterocycles. The molecule has 0 unspecified atom stereocenters. The summed E-state index contributed by atoms with van der Waals surface area (Å²) in [5.74, 6) is -0.410. The summed E-state index contributed by atoms with van der Waals surface area (Å²) >= 11 is 0. The fourth-order valence-corrected chi connectivity index (χ4v) is 2.84. The van der Waals surface area contributed by atoms with Gasteiger partial charge < -0.3 is 24.7 Å². The Kier molecular flexibility index (Phi) is 5.49. The molecule has 8 heteroatoms. The molecule has 8 nitrogen and oxygen atoms in total. The molecule has 0 saturated heterocycles. The number of carboxylic acid groups (broad SMARTS) is 1. The molecule has 1 aliphatic heterocycles. The second kappa shape index (κ2) is 7.99. The Balaban J connectivity index is 1.69. The number of nitrogens with one attached hydrogen (secondary N) is 1. The quantitative estimate of drug-likeness (QED) is 0.760. The fourth-order valence-electron chi connectivity index (χ4n) is 2.84. The Morgan fingerprint density at radius 1 is 1.07 bits per heavy atom. The van der Waals surface area contributed by atoms with Crippen molar-refractivity contribution >= 4 is 23.3 Å². The standard InChI is InChI=1S/C20H20N2O6/c1-26-15-7-3-13(4-8-15)17-11-20(19(24)25,28-22-17)12-18(23)21-14-5-9-16(27-2)10-6-14/h3-10H,11-12H2,1-2H3,(H,21,23)(H,24,25)/t20-/m1/s1. The van der Waals surface area contributed by atoms with Crippen molar-refractivity contribution in [1.29, 1.82) is 0 Å². The number of methoxy groups -OCH3 is 2. The molecule has 0 saturated carbocycles. The number of hydrogen-bond acceptors (Lipinski definition) is 6. The maximum Gasteiger partial charge on any atom is 0.351 e. The number of aliphatic carboxylic acids is 1. The Hall–Kier alpha value is -3.55. The Morgan fingerprint density at radius 3 is 2.18 bits per heavy atom. The zero-order chi connectivity index (χ0) is 20.1. The topological polar surface area (TPSA) is 106 Å². The van der Waals surface area contributed by atoms with Crippen molar-refractivity contribution in [2.75, 3.05) is 19.5 Å². The van der Waals surface area contributed by atoms with E-state index in [0.717, 1.165) is 0 Å². The van der Waals surface area contributed by atoms with Gasteiger partial charge in [-0.2, -0.15) is 0 Å². The molecule has 1 atom stereocenters. The molecule has 2 aromatic carbocycles. The number of benzene rings is 2. The molecule has 1 heterocycles. The summed E-state index contributed by atoms with van der Waals surface area (Å²) in [5.41, 5.74) is -0.0475. The lowest BCUT2D eigenvalue weighted by Crippen LogP contribution is -2.42. The number of rotatable bonds is 7. The molecule has 1 aliphatic rings. The predicted octanol–water partition coefficient (Wildman–Crippen LogP) is 2.68. The van der Waals surface area contributed by atoms with Crippen molar-refractivity contribution in [3.63, 3.8) is 0 Å². The van der Waals surface area contributed by atoms with E-state index in [1.54, 1.807) is 62.8 Å². The van der Waals surface area contributed by atoms with Gasteiger partial charge in [0.05, 0.1) is 26.4 Å². The zero-order valence-corrected chi connectivity index (χ0v) is 15.5. The Bertz CT molecular complexity index is 892. The van der Waals surface area contributed by atoms with Crippen LogP contribution in [0.5, 0.6) is 11.5 Å². The van der Waals surface area contributed by atoms with Crippen molar-refractivity contribution in [3.8, 4) is 11.5 Å². The van der Waals surface area contributed by atoms with Gasteiger partial charge in [0.25, 0.3) is 0 Å². The molecule has 0 radical (unpaired) electrons. The fraction of sp³-hybridized carbons (Fsp3) is 0.250. The van der Waals surface area contributed by atoms with Crippen molar-refractivity contribution in [2.24, 2.45) is 5.16 Å². The van der Waals surface area contributed by atoms with Crippen LogP contribution in [0.2, 0.25) is 0 Å². The molecule has 0 spiro atoms. The number of oxime groups is 1. The maximum absolute atomic E-state index is 12.4. The van der Waals surface area contributed by atoms with Crippen LogP contribution >= 0.6 is 0 Å². The third-order valence-electron chi connectivity index (χ3n) is 4.42. The van der Waals surface area contributed by atoms with E-state index in [4.69, 9.17) is 14.3 Å². The average Bonchev–Trinajstić information content (AvgIpc) is 3.14. The number of carbonyl (C=O) groups excluding carboxylic acids is 1. The van der Waals surface area contributed by atoms with Gasteiger partial charge >= 0.3 is 5.97 Å². The normalized spacial score (nSPS) is 18.0. The van der Waals surface area contributed by atoms with Crippen LogP contribution < -0.4 is 14.8 Å². The van der Waals surface area contributed by atoms with Crippen LogP contribution in [-0.4, -0.2) is 42.5 Å². The highest BCUT2D eigenvalue weighted by Crippen LogP contribution is 2.31. The molecule has 2 aromatic rings. The van der Waals surface area contributed by atoms with Gasteiger partial charge in [-0.25, -0.2) is 4.79 Å². The van der Waals surface area contributed by atoms with E-state index in [-0.39, 0.29) is 12.8 Å². The minimum absolute atomic E-state index is 0.0231. The lowest BCUT2D eigenvalue weighted by atomic mass is 9.90. The van der Waals surface area contributed by atoms with Gasteiger partial charge in [0.15, 0.2) is 0 Å². The maximum atomic E-state index is 12.4. The van der Waals surface area contributed by atoms with Gasteiger partial charge in [0.2, 0.25) is 11.5 Å². The number of carboxylic acids is 1. The second-order valence-electron chi connectivity index (χ2n) is 6.29. The number of ether oxygens (including phenoxy) is 2. The van der Waals surface area contributed by atoms with Crippen LogP contribution in [0, 0.1) is 0 Å². The lowest BCUT2D eigenvalue weighted by molar-refractivity contribution is -0.165. The molecular formula is C20H20N2O6. The van der Waals surface area contributed by atoms with Gasteiger partial charge in [-0.15, -0.1) is 0 Å². The van der Waals surface area contributed by atoms with E-state index in [2.05, 4.69) is 10.5 Å². The average molecular weight is 384 g/mol. The third-order valence-corrected chi connectivity index (χ3v) is 4.42. The number of hydrogen-bond donors (Lipinski definition) is 2. The van der Waals surface area contributed by atoms with Crippen LogP contribution in [0.15, 0.2) is 53.7 Å². The van der Waals surface area contributed by atoms with E-state index >= 15 is 0 Å². The first-order valence-corrected chi connectivity index (χ1v) is 8.52. The van der Waals surface area contributed by atoms with Gasteiger partial charge in [-0.1, -0.05) is 5.16 Å². The highest BCUT2D eigenvalue weighted by molar-refractivity contribution is 6.06. The molecule has 0 aliphatic carbocycles. The van der Waals surface area contributed by atoms with E-state index in [1.165, 1.54) is 0 Å². The summed E-state index contributed by atoms with van der Waals surface area (Å²) in [6.07, 6.45) is -0.401. The molecular weight excluding hydrogens is 364 g/mol. The molecule has 146 valence electrons. The molecule has 0 bridgehead atoms. The van der Waals surface area contributed by atoms with Crippen LogP contribution in [0.1, 0.15) is 18.4 Å². The van der Waals surface area contributed by atoms with Crippen molar-refractivity contribution in [1.82, 2.24) is 0 Å². The number of carbonyl (C=O) groups is 2. The summed E-state index contributed by atoms with van der Waals surface area (Å²) in [6, 6.07) is 13.7. The van der Waals surface area contributed by atoms with E-state index < -0.39 is 17.5 Å². The van der Waals surface area contributed by atoms with E-state index in [1.807, 2.05) is 0 Å². The highest BCUT2D eigenvalue weighted by atomic mass is 16.7. The number of amides is 1. The van der Waals surface area contributed by atoms with Gasteiger partial charge in [-0.3, -0.25) is 4.79 Å². The molecule has 1 amide bonds. The first kappa shape index (κ1) is 19.2. The highest BCUT2D eigenvalue weighted by Gasteiger charge is 2.49. The van der Waals surface area contributed by atoms with Gasteiger partial charge in [0.1, 0.15) is 11.5 Å². The van der Waals surface area contributed by atoms with E-state index in [9.17, 15) is 14.7 Å².